The minimum Gasteiger partial charge on any atom is -0.374 e. The van der Waals surface area contributed by atoms with Crippen molar-refractivity contribution in [1.82, 2.24) is 19.5 Å². The second-order valence-electron chi connectivity index (χ2n) is 10.5. The lowest BCUT2D eigenvalue weighted by molar-refractivity contribution is -0.122. The molecule has 0 aliphatic carbocycles. The van der Waals surface area contributed by atoms with Crippen LogP contribution in [0.25, 0.3) is 0 Å². The standard InChI is InChI=1S/C26H44N5O6P/c1-10-11-12-35-38(31(16(4)5)17(6)7)37-22-18(8)36-26(23(22)34-9)30-14-27-21-19(32)13-20(28-24(21)30)29-25(33)15(2)3/h14-18,22-23,26H,10-13H2,1-9H3,(H,28,29,33)/i8D. The number of fused-ring (bicyclic) bond motifs is 1. The molecule has 1 amide bonds. The molecule has 3 rings (SSSR count). The Morgan fingerprint density at radius 1 is 1.29 bits per heavy atom. The molecule has 0 radical (unpaired) electrons. The molecule has 0 spiro atoms. The minimum absolute atomic E-state index is 0.0393. The Kier molecular flexibility index (Phi) is 10.4. The molecule has 1 aromatic rings. The molecule has 1 saturated heterocycles. The van der Waals surface area contributed by atoms with Crippen LogP contribution in [0.4, 0.5) is 5.82 Å². The summed E-state index contributed by atoms with van der Waals surface area (Å²) in [6.07, 6.45) is 0.782. The van der Waals surface area contributed by atoms with Gasteiger partial charge >= 0.3 is 0 Å². The van der Waals surface area contributed by atoms with Crippen molar-refractivity contribution in [2.24, 2.45) is 10.9 Å². The summed E-state index contributed by atoms with van der Waals surface area (Å²) in [7, 11) is 0.0971. The molecule has 1 aromatic heterocycles. The highest BCUT2D eigenvalue weighted by Crippen LogP contribution is 2.50. The van der Waals surface area contributed by atoms with Gasteiger partial charge in [-0.3, -0.25) is 14.2 Å². The number of Topliss-reactive ketones (excluding diaryl/α,β-unsaturated/α-hetero) is 1. The first-order valence-corrected chi connectivity index (χ1v) is 14.5. The zero-order valence-corrected chi connectivity index (χ0v) is 24.7. The van der Waals surface area contributed by atoms with Crippen molar-refractivity contribution >= 4 is 31.9 Å². The molecule has 11 nitrogen and oxygen atoms in total. The number of nitrogens with one attached hydrogen (secondary N) is 1. The first kappa shape index (κ1) is 29.2. The van der Waals surface area contributed by atoms with Crippen LogP contribution in [0.2, 0.25) is 0 Å². The first-order valence-electron chi connectivity index (χ1n) is 14.1. The van der Waals surface area contributed by atoms with Crippen LogP contribution in [0, 0.1) is 5.92 Å². The summed E-state index contributed by atoms with van der Waals surface area (Å²) in [4.78, 5) is 34.0. The van der Waals surface area contributed by atoms with Crippen LogP contribution in [0.3, 0.4) is 0 Å². The smallest absolute Gasteiger partial charge is 0.259 e. The number of ether oxygens (including phenoxy) is 2. The molecule has 2 aliphatic rings. The third-order valence-electron chi connectivity index (χ3n) is 6.38. The Morgan fingerprint density at radius 2 is 2.00 bits per heavy atom. The van der Waals surface area contributed by atoms with Gasteiger partial charge < -0.3 is 23.8 Å². The van der Waals surface area contributed by atoms with Gasteiger partial charge in [-0.1, -0.05) is 27.2 Å². The Hall–Kier alpha value is -1.75. The molecule has 0 saturated carbocycles. The first-order chi connectivity index (χ1) is 18.5. The largest absolute Gasteiger partial charge is 0.374 e. The fourth-order valence-electron chi connectivity index (χ4n) is 4.44. The van der Waals surface area contributed by atoms with E-state index in [4.69, 9.17) is 19.9 Å². The van der Waals surface area contributed by atoms with Crippen LogP contribution in [0.5, 0.6) is 0 Å². The summed E-state index contributed by atoms with van der Waals surface area (Å²) < 4.78 is 37.2. The van der Waals surface area contributed by atoms with E-state index in [2.05, 4.69) is 54.6 Å². The molecular formula is C26H44N5O6P. The van der Waals surface area contributed by atoms with Gasteiger partial charge in [0.1, 0.15) is 18.0 Å². The number of amidine groups is 1. The minimum atomic E-state index is -1.47. The predicted octanol–water partition coefficient (Wildman–Crippen LogP) is 4.75. The van der Waals surface area contributed by atoms with Crippen molar-refractivity contribution in [2.45, 2.75) is 111 Å². The zero-order chi connectivity index (χ0) is 28.9. The Labute approximate surface area is 229 Å². The molecular weight excluding hydrogens is 509 g/mol. The molecule has 1 fully saturated rings. The third kappa shape index (κ3) is 6.87. The van der Waals surface area contributed by atoms with Crippen molar-refractivity contribution in [1.29, 1.82) is 0 Å². The van der Waals surface area contributed by atoms with E-state index < -0.39 is 33.1 Å². The van der Waals surface area contributed by atoms with Gasteiger partial charge in [-0.2, -0.15) is 0 Å². The number of unbranched alkanes of at least 4 members (excludes halogenated alkanes) is 1. The van der Waals surface area contributed by atoms with Crippen LogP contribution >= 0.6 is 8.53 Å². The number of nitrogens with zero attached hydrogens (tertiary/aromatic N) is 4. The third-order valence-corrected chi connectivity index (χ3v) is 8.51. The summed E-state index contributed by atoms with van der Waals surface area (Å²) in [5.74, 6) is -0.170. The molecule has 5 unspecified atom stereocenters. The van der Waals surface area contributed by atoms with E-state index in [0.29, 0.717) is 6.61 Å². The van der Waals surface area contributed by atoms with Gasteiger partial charge in [0.2, 0.25) is 5.91 Å². The molecule has 12 heteroatoms. The number of ketones is 1. The highest BCUT2D eigenvalue weighted by atomic mass is 31.2. The molecule has 2 aliphatic heterocycles. The molecule has 5 atom stereocenters. The lowest BCUT2D eigenvalue weighted by Crippen LogP contribution is -2.39. The Morgan fingerprint density at radius 3 is 2.58 bits per heavy atom. The lowest BCUT2D eigenvalue weighted by Gasteiger charge is -2.38. The van der Waals surface area contributed by atoms with Gasteiger partial charge in [0.05, 0.1) is 25.5 Å². The number of hydrogen-bond donors (Lipinski definition) is 1. The van der Waals surface area contributed by atoms with E-state index in [1.54, 1.807) is 25.5 Å². The van der Waals surface area contributed by atoms with E-state index in [9.17, 15) is 9.59 Å². The van der Waals surface area contributed by atoms with Crippen LogP contribution in [-0.2, 0) is 23.3 Å². The van der Waals surface area contributed by atoms with Gasteiger partial charge in [0.25, 0.3) is 8.53 Å². The number of carbonyl (C=O) groups is 2. The van der Waals surface area contributed by atoms with Gasteiger partial charge in [-0.05, 0) is 41.0 Å². The van der Waals surface area contributed by atoms with Crippen molar-refractivity contribution in [3.63, 3.8) is 0 Å². The SMILES string of the molecule is [2H]CC1OC(n2cnc3c2N=C(NC(=O)C(C)C)CC3=O)C(OC)C1OP(OCCCC)N(C(C)C)C(C)C. The summed E-state index contributed by atoms with van der Waals surface area (Å²) in [5, 5.41) is 2.74. The molecule has 0 aromatic carbocycles. The number of carbonyl (C=O) groups excluding carboxylic acids is 2. The number of rotatable bonds is 12. The van der Waals surface area contributed by atoms with Crippen molar-refractivity contribution in [3.05, 3.63) is 12.0 Å². The maximum atomic E-state index is 12.8. The average molecular weight is 555 g/mol. The normalized spacial score (nSPS) is 24.8. The van der Waals surface area contributed by atoms with Crippen molar-refractivity contribution < 1.29 is 29.5 Å². The highest BCUT2D eigenvalue weighted by Gasteiger charge is 2.48. The monoisotopic (exact) mass is 554 g/mol. The van der Waals surface area contributed by atoms with Crippen LogP contribution in [0.15, 0.2) is 11.3 Å². The fourth-order valence-corrected chi connectivity index (χ4v) is 6.24. The molecule has 0 bridgehead atoms. The number of imidazole rings is 1. The quantitative estimate of drug-likeness (QED) is 0.291. The van der Waals surface area contributed by atoms with Gasteiger partial charge in [0.15, 0.2) is 23.5 Å². The van der Waals surface area contributed by atoms with E-state index >= 15 is 0 Å². The second kappa shape index (κ2) is 13.5. The van der Waals surface area contributed by atoms with E-state index in [1.165, 1.54) is 6.33 Å². The number of hydrogen-bond acceptors (Lipinski definition) is 9. The van der Waals surface area contributed by atoms with Gasteiger partial charge in [0, 0.05) is 26.5 Å². The molecule has 214 valence electrons. The zero-order valence-electron chi connectivity index (χ0n) is 24.8. The van der Waals surface area contributed by atoms with Crippen molar-refractivity contribution in [2.75, 3.05) is 13.7 Å². The lowest BCUT2D eigenvalue weighted by atomic mass is 10.1. The Bertz CT molecular complexity index is 1010. The van der Waals surface area contributed by atoms with E-state index in [0.717, 1.165) is 12.8 Å². The number of aliphatic imine (C=N–C) groups is 1. The van der Waals surface area contributed by atoms with Crippen molar-refractivity contribution in [3.8, 4) is 0 Å². The number of amides is 1. The second-order valence-corrected chi connectivity index (χ2v) is 11.9. The topological polar surface area (TPSA) is 117 Å². The highest BCUT2D eigenvalue weighted by molar-refractivity contribution is 7.44. The van der Waals surface area contributed by atoms with E-state index in [1.807, 2.05) is 0 Å². The average Bonchev–Trinajstić information content (AvgIpc) is 3.44. The maximum Gasteiger partial charge on any atom is 0.259 e. The molecule has 38 heavy (non-hydrogen) atoms. The van der Waals surface area contributed by atoms with Crippen LogP contribution in [0.1, 0.15) is 92.7 Å². The summed E-state index contributed by atoms with van der Waals surface area (Å²) in [5.41, 5.74) is 0.207. The predicted molar refractivity (Wildman–Crippen MR) is 146 cm³/mol. The van der Waals surface area contributed by atoms with Gasteiger partial charge in [-0.15, -0.1) is 0 Å². The van der Waals surface area contributed by atoms with E-state index in [-0.39, 0.29) is 60.4 Å². The Balaban J connectivity index is 1.93. The summed E-state index contributed by atoms with van der Waals surface area (Å²) >= 11 is 0. The fraction of sp³-hybridized carbons (Fsp3) is 0.769. The number of aromatic nitrogens is 2. The molecule has 1 N–H and O–H groups in total. The van der Waals surface area contributed by atoms with Crippen LogP contribution < -0.4 is 5.32 Å². The maximum absolute atomic E-state index is 12.8. The number of methoxy groups -OCH3 is 1. The molecule has 3 heterocycles. The van der Waals surface area contributed by atoms with Crippen LogP contribution in [-0.4, -0.2) is 75.9 Å². The summed E-state index contributed by atoms with van der Waals surface area (Å²) in [6.45, 7) is 14.6. The van der Waals surface area contributed by atoms with Gasteiger partial charge in [-0.25, -0.2) is 14.6 Å². The summed E-state index contributed by atoms with van der Waals surface area (Å²) in [6, 6.07) is 0.346.